The highest BCUT2D eigenvalue weighted by molar-refractivity contribution is 5.95. The first-order valence-electron chi connectivity index (χ1n) is 6.06. The van der Waals surface area contributed by atoms with Crippen LogP contribution in [0.1, 0.15) is 17.4 Å². The molecule has 2 aromatic rings. The van der Waals surface area contributed by atoms with E-state index in [0.29, 0.717) is 12.1 Å². The number of carbonyl (C=O) groups excluding carboxylic acids is 2. The molecule has 0 bridgehead atoms. The fourth-order valence-corrected chi connectivity index (χ4v) is 1.64. The molecule has 20 heavy (non-hydrogen) atoms. The quantitative estimate of drug-likeness (QED) is 0.663. The van der Waals surface area contributed by atoms with Gasteiger partial charge >= 0.3 is 5.97 Å². The van der Waals surface area contributed by atoms with Gasteiger partial charge in [0.05, 0.1) is 18.5 Å². The van der Waals surface area contributed by atoms with Gasteiger partial charge in [-0.3, -0.25) is 4.79 Å². The third kappa shape index (κ3) is 2.97. The van der Waals surface area contributed by atoms with Crippen LogP contribution in [0.2, 0.25) is 0 Å². The highest BCUT2D eigenvalue weighted by Gasteiger charge is 2.17. The summed E-state index contributed by atoms with van der Waals surface area (Å²) >= 11 is 0. The minimum Gasteiger partial charge on any atom is -0.461 e. The predicted molar refractivity (Wildman–Crippen MR) is 73.1 cm³/mol. The Morgan fingerprint density at radius 1 is 1.35 bits per heavy atom. The van der Waals surface area contributed by atoms with Crippen molar-refractivity contribution in [2.75, 3.05) is 11.9 Å². The zero-order valence-electron chi connectivity index (χ0n) is 10.9. The van der Waals surface area contributed by atoms with Gasteiger partial charge in [-0.2, -0.15) is 0 Å². The van der Waals surface area contributed by atoms with E-state index >= 15 is 0 Å². The number of hydrogen-bond donors (Lipinski definition) is 1. The molecule has 0 unspecified atom stereocenters. The average Bonchev–Trinajstić information content (AvgIpc) is 2.49. The monoisotopic (exact) mass is 271 g/mol. The average molecular weight is 271 g/mol. The van der Waals surface area contributed by atoms with E-state index in [1.807, 2.05) is 30.3 Å². The van der Waals surface area contributed by atoms with Gasteiger partial charge in [0.25, 0.3) is 0 Å². The number of ether oxygens (including phenoxy) is 1. The van der Waals surface area contributed by atoms with Crippen LogP contribution in [0, 0.1) is 0 Å². The molecule has 1 aromatic carbocycles. The second-order valence-corrected chi connectivity index (χ2v) is 3.80. The normalized spacial score (nSPS) is 9.85. The van der Waals surface area contributed by atoms with E-state index in [0.717, 1.165) is 5.56 Å². The molecule has 1 aromatic heterocycles. The van der Waals surface area contributed by atoms with Crippen LogP contribution in [0.4, 0.5) is 5.82 Å². The summed E-state index contributed by atoms with van der Waals surface area (Å²) in [5, 5.41) is 2.34. The summed E-state index contributed by atoms with van der Waals surface area (Å²) in [6.45, 7) is 1.91. The molecule has 1 amide bonds. The Kier molecular flexibility index (Phi) is 4.39. The minimum absolute atomic E-state index is 0.0136. The zero-order chi connectivity index (χ0) is 14.4. The summed E-state index contributed by atoms with van der Waals surface area (Å²) in [7, 11) is 0. The fraction of sp³-hybridized carbons (Fsp3) is 0.143. The van der Waals surface area contributed by atoms with Crippen LogP contribution in [-0.4, -0.2) is 29.0 Å². The van der Waals surface area contributed by atoms with Gasteiger partial charge in [-0.05, 0) is 6.92 Å². The minimum atomic E-state index is -0.623. The highest BCUT2D eigenvalue weighted by atomic mass is 16.5. The number of benzene rings is 1. The zero-order valence-corrected chi connectivity index (χ0v) is 10.9. The lowest BCUT2D eigenvalue weighted by Gasteiger charge is -2.08. The first kappa shape index (κ1) is 13.7. The van der Waals surface area contributed by atoms with Crippen molar-refractivity contribution in [1.29, 1.82) is 0 Å². The third-order valence-corrected chi connectivity index (χ3v) is 2.51. The van der Waals surface area contributed by atoms with Crippen molar-refractivity contribution < 1.29 is 14.3 Å². The number of nitrogens with one attached hydrogen (secondary N) is 1. The molecule has 6 nitrogen and oxygen atoms in total. The fourth-order valence-electron chi connectivity index (χ4n) is 1.64. The molecule has 0 aliphatic carbocycles. The number of aromatic nitrogens is 2. The summed E-state index contributed by atoms with van der Waals surface area (Å²) in [6.07, 6.45) is 1.93. The Morgan fingerprint density at radius 3 is 2.75 bits per heavy atom. The summed E-state index contributed by atoms with van der Waals surface area (Å²) in [5.41, 5.74) is 1.34. The van der Waals surface area contributed by atoms with Crippen molar-refractivity contribution in [3.05, 3.63) is 42.2 Å². The standard InChI is InChI=1S/C14H13N3O3/c1-2-20-14(19)12-13(16-9-18)15-8-11(17-12)10-6-4-3-5-7-10/h3-9H,2H2,1H3,(H,15,16,18). The van der Waals surface area contributed by atoms with E-state index in [4.69, 9.17) is 4.74 Å². The highest BCUT2D eigenvalue weighted by Crippen LogP contribution is 2.19. The van der Waals surface area contributed by atoms with Crippen molar-refractivity contribution in [1.82, 2.24) is 9.97 Å². The largest absolute Gasteiger partial charge is 0.461 e. The summed E-state index contributed by atoms with van der Waals surface area (Å²) in [6, 6.07) is 9.31. The van der Waals surface area contributed by atoms with Gasteiger partial charge < -0.3 is 10.1 Å². The van der Waals surface area contributed by atoms with Crippen molar-refractivity contribution in [3.8, 4) is 11.3 Å². The second kappa shape index (κ2) is 6.42. The molecule has 102 valence electrons. The SMILES string of the molecule is CCOC(=O)c1nc(-c2ccccc2)cnc1NC=O. The van der Waals surface area contributed by atoms with Crippen LogP contribution in [0.5, 0.6) is 0 Å². The number of nitrogens with zero attached hydrogens (tertiary/aromatic N) is 2. The van der Waals surface area contributed by atoms with E-state index in [2.05, 4.69) is 15.3 Å². The van der Waals surface area contributed by atoms with Crippen LogP contribution in [-0.2, 0) is 9.53 Å². The maximum Gasteiger partial charge on any atom is 0.360 e. The van der Waals surface area contributed by atoms with E-state index < -0.39 is 5.97 Å². The molecular formula is C14H13N3O3. The molecule has 0 spiro atoms. The lowest BCUT2D eigenvalue weighted by atomic mass is 10.1. The number of esters is 1. The van der Waals surface area contributed by atoms with Gasteiger partial charge in [0, 0.05) is 5.56 Å². The molecule has 0 aliphatic heterocycles. The van der Waals surface area contributed by atoms with Crippen LogP contribution >= 0.6 is 0 Å². The van der Waals surface area contributed by atoms with Crippen LogP contribution < -0.4 is 5.32 Å². The molecule has 0 fully saturated rings. The molecular weight excluding hydrogens is 258 g/mol. The first-order chi connectivity index (χ1) is 9.76. The Morgan fingerprint density at radius 2 is 2.10 bits per heavy atom. The smallest absolute Gasteiger partial charge is 0.360 e. The van der Waals surface area contributed by atoms with Gasteiger partial charge in [0.1, 0.15) is 0 Å². The number of hydrogen-bond acceptors (Lipinski definition) is 5. The van der Waals surface area contributed by atoms with Crippen LogP contribution in [0.25, 0.3) is 11.3 Å². The maximum absolute atomic E-state index is 11.8. The first-order valence-corrected chi connectivity index (χ1v) is 6.06. The second-order valence-electron chi connectivity index (χ2n) is 3.80. The van der Waals surface area contributed by atoms with E-state index in [-0.39, 0.29) is 18.1 Å². The number of carbonyl (C=O) groups is 2. The van der Waals surface area contributed by atoms with Crippen molar-refractivity contribution in [3.63, 3.8) is 0 Å². The molecule has 1 N–H and O–H groups in total. The van der Waals surface area contributed by atoms with Gasteiger partial charge in [-0.25, -0.2) is 14.8 Å². The lowest BCUT2D eigenvalue weighted by Crippen LogP contribution is -2.13. The molecule has 1 heterocycles. The molecule has 0 radical (unpaired) electrons. The molecule has 0 atom stereocenters. The maximum atomic E-state index is 11.8. The van der Waals surface area contributed by atoms with E-state index in [9.17, 15) is 9.59 Å². The van der Waals surface area contributed by atoms with Gasteiger partial charge in [-0.1, -0.05) is 30.3 Å². The van der Waals surface area contributed by atoms with Crippen molar-refractivity contribution in [2.24, 2.45) is 0 Å². The van der Waals surface area contributed by atoms with Gasteiger partial charge in [0.15, 0.2) is 11.5 Å². The third-order valence-electron chi connectivity index (χ3n) is 2.51. The van der Waals surface area contributed by atoms with Crippen molar-refractivity contribution in [2.45, 2.75) is 6.92 Å². The molecule has 2 rings (SSSR count). The number of anilines is 1. The summed E-state index contributed by atoms with van der Waals surface area (Å²) in [5.74, 6) is -0.541. The predicted octanol–water partition coefficient (Wildman–Crippen LogP) is 1.89. The van der Waals surface area contributed by atoms with Gasteiger partial charge in [0.2, 0.25) is 6.41 Å². The summed E-state index contributed by atoms with van der Waals surface area (Å²) < 4.78 is 4.91. The Labute approximate surface area is 115 Å². The Balaban J connectivity index is 2.45. The van der Waals surface area contributed by atoms with Crippen LogP contribution in [0.3, 0.4) is 0 Å². The van der Waals surface area contributed by atoms with E-state index in [1.165, 1.54) is 6.20 Å². The number of amides is 1. The molecule has 0 aliphatic rings. The Hall–Kier alpha value is -2.76. The van der Waals surface area contributed by atoms with E-state index in [1.54, 1.807) is 6.92 Å². The topological polar surface area (TPSA) is 81.2 Å². The van der Waals surface area contributed by atoms with Crippen LogP contribution in [0.15, 0.2) is 36.5 Å². The van der Waals surface area contributed by atoms with Crippen molar-refractivity contribution >= 4 is 18.2 Å². The molecule has 6 heteroatoms. The molecule has 0 saturated heterocycles. The van der Waals surface area contributed by atoms with Gasteiger partial charge in [-0.15, -0.1) is 0 Å². The summed E-state index contributed by atoms with van der Waals surface area (Å²) in [4.78, 5) is 30.6. The number of rotatable bonds is 5. The molecule has 0 saturated carbocycles. The lowest BCUT2D eigenvalue weighted by molar-refractivity contribution is -0.105. The Bertz CT molecular complexity index is 614.